The molecule has 88 valence electrons. The van der Waals surface area contributed by atoms with Crippen molar-refractivity contribution in [2.45, 2.75) is 17.4 Å². The highest BCUT2D eigenvalue weighted by Crippen LogP contribution is 2.37. The summed E-state index contributed by atoms with van der Waals surface area (Å²) in [6.45, 7) is 0.547. The maximum Gasteiger partial charge on any atom is 0.319 e. The van der Waals surface area contributed by atoms with Gasteiger partial charge in [0.05, 0.1) is 12.3 Å². The quantitative estimate of drug-likeness (QED) is 0.732. The van der Waals surface area contributed by atoms with Gasteiger partial charge in [-0.3, -0.25) is 4.79 Å². The molecule has 0 spiro atoms. The molecular formula is C12H11NO2S2. The number of hydrogen-bond donors (Lipinski definition) is 0. The fraction of sp³-hybridized carbons (Fsp3) is 0.333. The maximum absolute atomic E-state index is 11.4. The fourth-order valence-corrected chi connectivity index (χ4v) is 4.03. The van der Waals surface area contributed by atoms with Gasteiger partial charge in [0.25, 0.3) is 0 Å². The number of ether oxygens (including phenoxy) is 1. The lowest BCUT2D eigenvalue weighted by Gasteiger charge is -2.15. The van der Waals surface area contributed by atoms with Crippen molar-refractivity contribution < 1.29 is 9.53 Å². The van der Waals surface area contributed by atoms with Gasteiger partial charge in [-0.25, -0.2) is 4.99 Å². The second-order valence-corrected chi connectivity index (χ2v) is 6.27. The molecular weight excluding hydrogens is 254 g/mol. The van der Waals surface area contributed by atoms with Crippen molar-refractivity contribution in [1.29, 1.82) is 0 Å². The first-order valence-electron chi connectivity index (χ1n) is 5.45. The summed E-state index contributed by atoms with van der Waals surface area (Å²) in [5.41, 5.74) is 2.29. The van der Waals surface area contributed by atoms with Gasteiger partial charge in [0.2, 0.25) is 0 Å². The molecule has 17 heavy (non-hydrogen) atoms. The highest BCUT2D eigenvalue weighted by atomic mass is 32.2. The van der Waals surface area contributed by atoms with Crippen molar-refractivity contribution in [2.24, 2.45) is 4.99 Å². The summed E-state index contributed by atoms with van der Waals surface area (Å²) in [5, 5.41) is -0.0634. The SMILES string of the molecule is O=C1OCC[C@H]1SC1=Nc2ccccc2CS1. The van der Waals surface area contributed by atoms with Crippen LogP contribution in [0.4, 0.5) is 5.69 Å². The lowest BCUT2D eigenvalue weighted by atomic mass is 10.2. The molecule has 2 aliphatic heterocycles. The number of esters is 1. The van der Waals surface area contributed by atoms with Crippen LogP contribution in [0, 0.1) is 0 Å². The Hall–Kier alpha value is -0.940. The van der Waals surface area contributed by atoms with Gasteiger partial charge in [-0.05, 0) is 11.6 Å². The van der Waals surface area contributed by atoms with Crippen LogP contribution in [0.15, 0.2) is 29.3 Å². The number of cyclic esters (lactones) is 1. The van der Waals surface area contributed by atoms with E-state index in [9.17, 15) is 4.79 Å². The summed E-state index contributed by atoms with van der Waals surface area (Å²) < 4.78 is 5.93. The van der Waals surface area contributed by atoms with Gasteiger partial charge < -0.3 is 4.74 Å². The van der Waals surface area contributed by atoms with Gasteiger partial charge in [0, 0.05) is 12.2 Å². The summed E-state index contributed by atoms with van der Waals surface area (Å²) >= 11 is 3.24. The number of hydrogen-bond acceptors (Lipinski definition) is 5. The number of thioether (sulfide) groups is 2. The maximum atomic E-state index is 11.4. The average molecular weight is 265 g/mol. The molecule has 1 fully saturated rings. The number of benzene rings is 1. The lowest BCUT2D eigenvalue weighted by molar-refractivity contribution is -0.137. The molecule has 3 nitrogen and oxygen atoms in total. The molecule has 0 aromatic heterocycles. The van der Waals surface area contributed by atoms with Gasteiger partial charge in [-0.2, -0.15) is 0 Å². The molecule has 3 rings (SSSR count). The minimum Gasteiger partial charge on any atom is -0.465 e. The van der Waals surface area contributed by atoms with E-state index < -0.39 is 0 Å². The molecule has 1 saturated heterocycles. The highest BCUT2D eigenvalue weighted by molar-refractivity contribution is 8.39. The fourth-order valence-electron chi connectivity index (χ4n) is 1.78. The average Bonchev–Trinajstić information content (AvgIpc) is 2.75. The number of carbonyl (C=O) groups is 1. The Morgan fingerprint density at radius 3 is 3.12 bits per heavy atom. The van der Waals surface area contributed by atoms with Crippen molar-refractivity contribution in [3.05, 3.63) is 29.8 Å². The van der Waals surface area contributed by atoms with Crippen LogP contribution in [-0.2, 0) is 15.3 Å². The predicted octanol–water partition coefficient (Wildman–Crippen LogP) is 2.97. The zero-order valence-corrected chi connectivity index (χ0v) is 10.7. The molecule has 0 aliphatic carbocycles. The standard InChI is InChI=1S/C12H11NO2S2/c14-11-10(5-6-15-11)17-12-13-9-4-2-1-3-8(9)7-16-12/h1-4,10H,5-7H2/t10-/m1/s1. The van der Waals surface area contributed by atoms with E-state index in [1.165, 1.54) is 17.3 Å². The molecule has 0 unspecified atom stereocenters. The number of carbonyl (C=O) groups excluding carboxylic acids is 1. The monoisotopic (exact) mass is 265 g/mol. The Balaban J connectivity index is 1.77. The first-order valence-corrected chi connectivity index (χ1v) is 7.32. The van der Waals surface area contributed by atoms with Crippen LogP contribution in [0.25, 0.3) is 0 Å². The van der Waals surface area contributed by atoms with Crippen LogP contribution < -0.4 is 0 Å². The summed E-state index contributed by atoms with van der Waals surface area (Å²) in [7, 11) is 0. The summed E-state index contributed by atoms with van der Waals surface area (Å²) in [5.74, 6) is 0.834. The summed E-state index contributed by atoms with van der Waals surface area (Å²) in [6, 6.07) is 8.13. The molecule has 2 aliphatic rings. The third-order valence-electron chi connectivity index (χ3n) is 2.68. The summed E-state index contributed by atoms with van der Waals surface area (Å²) in [6.07, 6.45) is 0.796. The molecule has 0 bridgehead atoms. The van der Waals surface area contributed by atoms with E-state index in [-0.39, 0.29) is 11.2 Å². The Bertz CT molecular complexity index is 487. The number of aliphatic imine (C=N–C) groups is 1. The minimum atomic E-state index is -0.0999. The zero-order valence-electron chi connectivity index (χ0n) is 9.09. The second kappa shape index (κ2) is 4.74. The number of para-hydroxylation sites is 1. The third-order valence-corrected chi connectivity index (χ3v) is 5.13. The van der Waals surface area contributed by atoms with E-state index >= 15 is 0 Å². The molecule has 0 saturated carbocycles. The Morgan fingerprint density at radius 1 is 1.41 bits per heavy atom. The molecule has 2 heterocycles. The topological polar surface area (TPSA) is 38.7 Å². The lowest BCUT2D eigenvalue weighted by Crippen LogP contribution is -2.12. The predicted molar refractivity (Wildman–Crippen MR) is 71.8 cm³/mol. The molecule has 1 atom stereocenters. The highest BCUT2D eigenvalue weighted by Gasteiger charge is 2.29. The molecule has 1 aromatic carbocycles. The number of nitrogens with zero attached hydrogens (tertiary/aromatic N) is 1. The molecule has 1 aromatic rings. The van der Waals surface area contributed by atoms with E-state index in [1.807, 2.05) is 18.2 Å². The van der Waals surface area contributed by atoms with Crippen molar-refractivity contribution in [3.63, 3.8) is 0 Å². The summed E-state index contributed by atoms with van der Waals surface area (Å²) in [4.78, 5) is 16.0. The van der Waals surface area contributed by atoms with Crippen molar-refractivity contribution in [1.82, 2.24) is 0 Å². The van der Waals surface area contributed by atoms with Crippen molar-refractivity contribution in [2.75, 3.05) is 6.61 Å². The number of rotatable bonds is 1. The van der Waals surface area contributed by atoms with E-state index in [2.05, 4.69) is 11.1 Å². The van der Waals surface area contributed by atoms with E-state index in [4.69, 9.17) is 4.74 Å². The molecule has 0 N–H and O–H groups in total. The van der Waals surface area contributed by atoms with Crippen molar-refractivity contribution in [3.8, 4) is 0 Å². The van der Waals surface area contributed by atoms with Gasteiger partial charge >= 0.3 is 5.97 Å². The molecule has 0 radical (unpaired) electrons. The van der Waals surface area contributed by atoms with Gasteiger partial charge in [0.15, 0.2) is 0 Å². The van der Waals surface area contributed by atoms with E-state index in [1.54, 1.807) is 11.8 Å². The minimum absolute atomic E-state index is 0.0634. The first-order chi connectivity index (χ1) is 8.33. The molecule has 5 heteroatoms. The van der Waals surface area contributed by atoms with Crippen molar-refractivity contribution >= 4 is 39.6 Å². The third kappa shape index (κ3) is 2.35. The second-order valence-electron chi connectivity index (χ2n) is 3.86. The van der Waals surface area contributed by atoms with E-state index in [0.717, 1.165) is 22.2 Å². The van der Waals surface area contributed by atoms with Crippen LogP contribution in [0.1, 0.15) is 12.0 Å². The first kappa shape index (κ1) is 11.2. The normalized spacial score (nSPS) is 22.9. The number of fused-ring (bicyclic) bond motifs is 1. The van der Waals surface area contributed by atoms with Crippen LogP contribution >= 0.6 is 23.5 Å². The zero-order chi connectivity index (χ0) is 11.7. The van der Waals surface area contributed by atoms with Crippen LogP contribution in [0.2, 0.25) is 0 Å². The Morgan fingerprint density at radius 2 is 2.29 bits per heavy atom. The van der Waals surface area contributed by atoms with Crippen LogP contribution in [0.5, 0.6) is 0 Å². The largest absolute Gasteiger partial charge is 0.465 e. The van der Waals surface area contributed by atoms with Gasteiger partial charge in [0.1, 0.15) is 9.63 Å². The van der Waals surface area contributed by atoms with Gasteiger partial charge in [-0.15, -0.1) is 0 Å². The Kier molecular flexibility index (Phi) is 3.11. The van der Waals surface area contributed by atoms with Crippen LogP contribution in [-0.4, -0.2) is 22.2 Å². The van der Waals surface area contributed by atoms with Crippen LogP contribution in [0.3, 0.4) is 0 Å². The van der Waals surface area contributed by atoms with Gasteiger partial charge in [-0.1, -0.05) is 41.7 Å². The Labute approximate surface area is 108 Å². The van der Waals surface area contributed by atoms with E-state index in [0.29, 0.717) is 6.61 Å². The smallest absolute Gasteiger partial charge is 0.319 e. The molecule has 0 amide bonds.